The summed E-state index contributed by atoms with van der Waals surface area (Å²) >= 11 is 0. The van der Waals surface area contributed by atoms with Crippen LogP contribution in [0.25, 0.3) is 0 Å². The molecule has 0 aromatic heterocycles. The Kier molecular flexibility index (Phi) is 6.08. The Balaban J connectivity index is 0.00000225. The lowest BCUT2D eigenvalue weighted by molar-refractivity contribution is -0.122. The van der Waals surface area contributed by atoms with Crippen LogP contribution < -0.4 is 11.1 Å². The Labute approximate surface area is 154 Å². The van der Waals surface area contributed by atoms with Crippen molar-refractivity contribution in [2.75, 3.05) is 20.1 Å². The van der Waals surface area contributed by atoms with Gasteiger partial charge in [0.25, 0.3) is 10.0 Å². The van der Waals surface area contributed by atoms with Crippen molar-refractivity contribution in [1.82, 2.24) is 10.2 Å². The largest absolute Gasteiger partial charge is 0.352 e. The fourth-order valence-electron chi connectivity index (χ4n) is 3.42. The summed E-state index contributed by atoms with van der Waals surface area (Å²) in [6, 6.07) is 6.76. The lowest BCUT2D eigenvalue weighted by atomic mass is 10.0. The molecule has 0 spiro atoms. The van der Waals surface area contributed by atoms with Crippen molar-refractivity contribution >= 4 is 34.2 Å². The first-order valence-corrected chi connectivity index (χ1v) is 9.51. The minimum atomic E-state index is -3.67. The second kappa shape index (κ2) is 7.72. The molecule has 7 nitrogen and oxygen atoms in total. The van der Waals surface area contributed by atoms with Crippen LogP contribution in [0.4, 0.5) is 0 Å². The number of hydrogen-bond acceptors (Lipinski definition) is 5. The van der Waals surface area contributed by atoms with Crippen LogP contribution in [-0.4, -0.2) is 51.2 Å². The summed E-state index contributed by atoms with van der Waals surface area (Å²) in [4.78, 5) is 14.1. The SMILES string of the molecule is CN(CC(=O)NC1CCCC1CN)C1=NS(=O)(=O)c2ccccc21.Cl. The maximum absolute atomic E-state index is 12.3. The van der Waals surface area contributed by atoms with Gasteiger partial charge in [0.05, 0.1) is 6.54 Å². The number of amidine groups is 1. The smallest absolute Gasteiger partial charge is 0.285 e. The second-order valence-electron chi connectivity index (χ2n) is 6.34. The molecular weight excluding hydrogens is 364 g/mol. The molecule has 1 aromatic carbocycles. The van der Waals surface area contributed by atoms with Gasteiger partial charge in [0.2, 0.25) is 5.91 Å². The monoisotopic (exact) mass is 386 g/mol. The number of sulfonamides is 1. The van der Waals surface area contributed by atoms with E-state index in [0.717, 1.165) is 19.3 Å². The van der Waals surface area contributed by atoms with Crippen LogP contribution in [0.5, 0.6) is 0 Å². The third-order valence-corrected chi connectivity index (χ3v) is 5.99. The zero-order valence-corrected chi connectivity index (χ0v) is 15.6. The van der Waals surface area contributed by atoms with Gasteiger partial charge in [-0.05, 0) is 37.4 Å². The lowest BCUT2D eigenvalue weighted by Crippen LogP contribution is -2.45. The van der Waals surface area contributed by atoms with Crippen molar-refractivity contribution < 1.29 is 13.2 Å². The highest BCUT2D eigenvalue weighted by Crippen LogP contribution is 2.27. The summed E-state index contributed by atoms with van der Waals surface area (Å²) < 4.78 is 28.0. The summed E-state index contributed by atoms with van der Waals surface area (Å²) in [5.74, 6) is 0.485. The van der Waals surface area contributed by atoms with Crippen molar-refractivity contribution in [1.29, 1.82) is 0 Å². The molecule has 2 atom stereocenters. The van der Waals surface area contributed by atoms with E-state index in [1.165, 1.54) is 6.07 Å². The van der Waals surface area contributed by atoms with Gasteiger partial charge in [0.15, 0.2) is 5.84 Å². The molecule has 2 aliphatic rings. The van der Waals surface area contributed by atoms with Crippen molar-refractivity contribution in [3.05, 3.63) is 29.8 Å². The van der Waals surface area contributed by atoms with E-state index < -0.39 is 10.0 Å². The zero-order valence-electron chi connectivity index (χ0n) is 14.0. The highest BCUT2D eigenvalue weighted by molar-refractivity contribution is 7.90. The Hall–Kier alpha value is -1.64. The first kappa shape index (κ1) is 19.7. The Bertz CT molecular complexity index is 781. The predicted octanol–water partition coefficient (Wildman–Crippen LogP) is 0.733. The maximum atomic E-state index is 12.3. The van der Waals surface area contributed by atoms with E-state index in [0.29, 0.717) is 23.9 Å². The van der Waals surface area contributed by atoms with Crippen LogP contribution >= 0.6 is 12.4 Å². The standard InChI is InChI=1S/C16H22N4O3S.ClH/c1-20(10-15(21)18-13-7-4-5-11(13)9-17)16-12-6-2-3-8-14(12)24(22,23)19-16;/h2-3,6,8,11,13H,4-5,7,9-10,17H2,1H3,(H,18,21);1H. The van der Waals surface area contributed by atoms with E-state index in [-0.39, 0.29) is 35.8 Å². The van der Waals surface area contributed by atoms with Crippen molar-refractivity contribution in [3.63, 3.8) is 0 Å². The number of nitrogens with zero attached hydrogens (tertiary/aromatic N) is 2. The number of likely N-dealkylation sites (N-methyl/N-ethyl adjacent to an activating group) is 1. The molecule has 1 heterocycles. The molecule has 1 aliphatic carbocycles. The molecule has 3 rings (SSSR count). The topological polar surface area (TPSA) is 105 Å². The molecule has 9 heteroatoms. The van der Waals surface area contributed by atoms with E-state index >= 15 is 0 Å². The molecule has 1 fully saturated rings. The van der Waals surface area contributed by atoms with Gasteiger partial charge in [0.1, 0.15) is 4.90 Å². The number of rotatable bonds is 4. The molecule has 2 unspecified atom stereocenters. The number of nitrogens with two attached hydrogens (primary N) is 1. The number of amides is 1. The normalized spacial score (nSPS) is 23.4. The van der Waals surface area contributed by atoms with Gasteiger partial charge in [-0.25, -0.2) is 0 Å². The molecular formula is C16H23ClN4O3S. The first-order chi connectivity index (χ1) is 11.4. The van der Waals surface area contributed by atoms with Gasteiger partial charge in [0, 0.05) is 18.7 Å². The minimum absolute atomic E-state index is 0. The van der Waals surface area contributed by atoms with Crippen molar-refractivity contribution in [2.45, 2.75) is 30.2 Å². The van der Waals surface area contributed by atoms with Gasteiger partial charge < -0.3 is 16.0 Å². The van der Waals surface area contributed by atoms with Crippen LogP contribution in [0.1, 0.15) is 24.8 Å². The molecule has 1 saturated carbocycles. The van der Waals surface area contributed by atoms with Gasteiger partial charge >= 0.3 is 0 Å². The zero-order chi connectivity index (χ0) is 17.3. The highest BCUT2D eigenvalue weighted by Gasteiger charge is 2.32. The number of nitrogens with one attached hydrogen (secondary N) is 1. The second-order valence-corrected chi connectivity index (χ2v) is 7.92. The van der Waals surface area contributed by atoms with Crippen LogP contribution in [0.3, 0.4) is 0 Å². The molecule has 0 radical (unpaired) electrons. The van der Waals surface area contributed by atoms with Gasteiger partial charge in [-0.3, -0.25) is 4.79 Å². The van der Waals surface area contributed by atoms with E-state index in [1.807, 2.05) is 0 Å². The first-order valence-electron chi connectivity index (χ1n) is 8.07. The van der Waals surface area contributed by atoms with Crippen LogP contribution in [0, 0.1) is 5.92 Å². The Morgan fingerprint density at radius 3 is 2.80 bits per heavy atom. The molecule has 25 heavy (non-hydrogen) atoms. The van der Waals surface area contributed by atoms with Crippen LogP contribution in [0.15, 0.2) is 33.6 Å². The summed E-state index contributed by atoms with van der Waals surface area (Å²) in [7, 11) is -2.00. The molecule has 3 N–H and O–H groups in total. The number of benzene rings is 1. The lowest BCUT2D eigenvalue weighted by Gasteiger charge is -2.23. The molecule has 1 amide bonds. The molecule has 138 valence electrons. The summed E-state index contributed by atoms with van der Waals surface area (Å²) in [6.45, 7) is 0.621. The summed E-state index contributed by atoms with van der Waals surface area (Å²) in [6.07, 6.45) is 3.05. The van der Waals surface area contributed by atoms with E-state index in [4.69, 9.17) is 5.73 Å². The molecule has 0 bridgehead atoms. The van der Waals surface area contributed by atoms with Gasteiger partial charge in [-0.2, -0.15) is 8.42 Å². The van der Waals surface area contributed by atoms with E-state index in [1.54, 1.807) is 30.1 Å². The fourth-order valence-corrected chi connectivity index (χ4v) is 4.67. The maximum Gasteiger partial charge on any atom is 0.285 e. The third kappa shape index (κ3) is 3.96. The third-order valence-electron chi connectivity index (χ3n) is 4.66. The Morgan fingerprint density at radius 1 is 1.36 bits per heavy atom. The molecule has 0 saturated heterocycles. The van der Waals surface area contributed by atoms with E-state index in [9.17, 15) is 13.2 Å². The number of halogens is 1. The minimum Gasteiger partial charge on any atom is -0.352 e. The summed E-state index contributed by atoms with van der Waals surface area (Å²) in [5, 5.41) is 3.01. The number of hydrogen-bond donors (Lipinski definition) is 2. The Morgan fingerprint density at radius 2 is 2.08 bits per heavy atom. The number of carbonyl (C=O) groups is 1. The van der Waals surface area contributed by atoms with Gasteiger partial charge in [-0.15, -0.1) is 16.8 Å². The number of fused-ring (bicyclic) bond motifs is 1. The predicted molar refractivity (Wildman–Crippen MR) is 98.4 cm³/mol. The average molecular weight is 387 g/mol. The van der Waals surface area contributed by atoms with Crippen molar-refractivity contribution in [3.8, 4) is 0 Å². The van der Waals surface area contributed by atoms with Crippen LogP contribution in [0.2, 0.25) is 0 Å². The quantitative estimate of drug-likeness (QED) is 0.793. The fraction of sp³-hybridized carbons (Fsp3) is 0.500. The van der Waals surface area contributed by atoms with Crippen LogP contribution in [-0.2, 0) is 14.8 Å². The van der Waals surface area contributed by atoms with Crippen molar-refractivity contribution in [2.24, 2.45) is 16.0 Å². The highest BCUT2D eigenvalue weighted by atomic mass is 35.5. The molecule has 1 aromatic rings. The van der Waals surface area contributed by atoms with Gasteiger partial charge in [-0.1, -0.05) is 18.6 Å². The summed E-state index contributed by atoms with van der Waals surface area (Å²) in [5.41, 5.74) is 6.27. The average Bonchev–Trinajstić information content (AvgIpc) is 3.09. The number of carbonyl (C=O) groups excluding carboxylic acids is 1. The molecule has 1 aliphatic heterocycles. The van der Waals surface area contributed by atoms with E-state index in [2.05, 4.69) is 9.71 Å².